The van der Waals surface area contributed by atoms with Gasteiger partial charge in [-0.25, -0.2) is 13.1 Å². The maximum Gasteiger partial charge on any atom is 0.264 e. The Bertz CT molecular complexity index is 498. The molecule has 1 aliphatic rings. The molecule has 1 atom stereocenters. The number of hydrogen-bond acceptors (Lipinski definition) is 4. The van der Waals surface area contributed by atoms with E-state index in [4.69, 9.17) is 0 Å². The summed E-state index contributed by atoms with van der Waals surface area (Å²) in [6.45, 7) is 0.753. The van der Waals surface area contributed by atoms with Crippen LogP contribution in [0, 0.1) is 0 Å². The zero-order valence-electron chi connectivity index (χ0n) is 9.63. The zero-order chi connectivity index (χ0) is 12.3. The highest BCUT2D eigenvalue weighted by molar-refractivity contribution is 7.90. The lowest BCUT2D eigenvalue weighted by Gasteiger charge is -2.11. The van der Waals surface area contributed by atoms with Crippen molar-refractivity contribution in [2.75, 3.05) is 6.54 Å². The van der Waals surface area contributed by atoms with Gasteiger partial charge >= 0.3 is 0 Å². The van der Waals surface area contributed by atoms with Crippen LogP contribution in [0.25, 0.3) is 0 Å². The summed E-state index contributed by atoms with van der Waals surface area (Å²) in [4.78, 5) is 11.8. The minimum Gasteiger partial charge on any atom is -0.306 e. The Hall–Kier alpha value is -1.11. The van der Waals surface area contributed by atoms with Gasteiger partial charge in [-0.1, -0.05) is 18.2 Å². The average molecular weight is 291 g/mol. The van der Waals surface area contributed by atoms with Crippen molar-refractivity contribution in [1.82, 2.24) is 10.0 Å². The van der Waals surface area contributed by atoms with Crippen molar-refractivity contribution in [3.63, 3.8) is 0 Å². The summed E-state index contributed by atoms with van der Waals surface area (Å²) in [5.74, 6) is -0.480. The molecule has 2 rings (SSSR count). The Kier molecular flexibility index (Phi) is 5.13. The van der Waals surface area contributed by atoms with Gasteiger partial charge in [-0.15, -0.1) is 12.4 Å². The summed E-state index contributed by atoms with van der Waals surface area (Å²) < 4.78 is 25.8. The molecule has 1 saturated heterocycles. The molecule has 18 heavy (non-hydrogen) atoms. The number of halogens is 1. The molecule has 1 amide bonds. The van der Waals surface area contributed by atoms with Gasteiger partial charge in [0.1, 0.15) is 0 Å². The van der Waals surface area contributed by atoms with Gasteiger partial charge in [-0.2, -0.15) is 0 Å². The van der Waals surface area contributed by atoms with Crippen LogP contribution in [0.5, 0.6) is 0 Å². The lowest BCUT2D eigenvalue weighted by atomic mass is 10.2. The molecule has 2 N–H and O–H groups in total. The largest absolute Gasteiger partial charge is 0.306 e. The van der Waals surface area contributed by atoms with Gasteiger partial charge in [0.05, 0.1) is 10.9 Å². The third-order valence-corrected chi connectivity index (χ3v) is 4.03. The number of sulfonamides is 1. The number of amides is 1. The van der Waals surface area contributed by atoms with Crippen molar-refractivity contribution < 1.29 is 13.2 Å². The highest BCUT2D eigenvalue weighted by Crippen LogP contribution is 2.09. The van der Waals surface area contributed by atoms with Crippen molar-refractivity contribution in [2.45, 2.75) is 23.8 Å². The number of nitrogens with one attached hydrogen (secondary N) is 2. The molecule has 5 nitrogen and oxygen atoms in total. The second-order valence-corrected chi connectivity index (χ2v) is 5.61. The third-order valence-electron chi connectivity index (χ3n) is 2.67. The van der Waals surface area contributed by atoms with E-state index < -0.39 is 22.0 Å². The molecule has 0 spiro atoms. The van der Waals surface area contributed by atoms with E-state index in [1.54, 1.807) is 18.2 Å². The van der Waals surface area contributed by atoms with E-state index in [0.717, 1.165) is 13.0 Å². The molecule has 0 saturated carbocycles. The van der Waals surface area contributed by atoms with Gasteiger partial charge in [0.15, 0.2) is 0 Å². The Morgan fingerprint density at radius 2 is 1.94 bits per heavy atom. The highest BCUT2D eigenvalue weighted by Gasteiger charge is 2.26. The first kappa shape index (κ1) is 14.9. The summed E-state index contributed by atoms with van der Waals surface area (Å²) in [6.07, 6.45) is 1.57. The van der Waals surface area contributed by atoms with Gasteiger partial charge in [0, 0.05) is 0 Å². The fourth-order valence-electron chi connectivity index (χ4n) is 1.77. The van der Waals surface area contributed by atoms with Crippen LogP contribution in [0.4, 0.5) is 0 Å². The Labute approximate surface area is 112 Å². The molecule has 1 aliphatic heterocycles. The van der Waals surface area contributed by atoms with Crippen LogP contribution in [-0.2, 0) is 14.8 Å². The Balaban J connectivity index is 0.00000162. The molecule has 0 unspecified atom stereocenters. The first-order chi connectivity index (χ1) is 8.09. The van der Waals surface area contributed by atoms with E-state index in [0.29, 0.717) is 6.42 Å². The molecular weight excluding hydrogens is 276 g/mol. The number of carbonyl (C=O) groups excluding carboxylic acids is 1. The monoisotopic (exact) mass is 290 g/mol. The van der Waals surface area contributed by atoms with Gasteiger partial charge in [0.2, 0.25) is 0 Å². The SMILES string of the molecule is Cl.O=C(NS(=O)(=O)c1ccccc1)[C@H]1CCCN1. The second kappa shape index (κ2) is 6.17. The summed E-state index contributed by atoms with van der Waals surface area (Å²) in [6, 6.07) is 7.47. The van der Waals surface area contributed by atoms with Gasteiger partial charge < -0.3 is 5.32 Å². The molecular formula is C11H15ClN2O3S. The summed E-state index contributed by atoms with van der Waals surface area (Å²) in [5, 5.41) is 2.95. The molecule has 7 heteroatoms. The molecule has 100 valence electrons. The lowest BCUT2D eigenvalue weighted by molar-refractivity contribution is -0.121. The van der Waals surface area contributed by atoms with Crippen molar-refractivity contribution in [2.24, 2.45) is 0 Å². The van der Waals surface area contributed by atoms with E-state index in [1.807, 2.05) is 0 Å². The lowest BCUT2D eigenvalue weighted by Crippen LogP contribution is -2.43. The second-order valence-electron chi connectivity index (χ2n) is 3.93. The summed E-state index contributed by atoms with van der Waals surface area (Å²) in [7, 11) is -3.74. The topological polar surface area (TPSA) is 75.3 Å². The maximum atomic E-state index is 11.8. The number of carbonyl (C=O) groups is 1. The predicted octanol–water partition coefficient (Wildman–Crippen LogP) is 0.665. The first-order valence-electron chi connectivity index (χ1n) is 5.45. The number of hydrogen-bond donors (Lipinski definition) is 2. The smallest absolute Gasteiger partial charge is 0.264 e. The van der Waals surface area contributed by atoms with Crippen LogP contribution in [-0.4, -0.2) is 26.9 Å². The van der Waals surface area contributed by atoms with Gasteiger partial charge in [0.25, 0.3) is 15.9 Å². The van der Waals surface area contributed by atoms with E-state index in [1.165, 1.54) is 12.1 Å². The van der Waals surface area contributed by atoms with E-state index in [-0.39, 0.29) is 17.3 Å². The quantitative estimate of drug-likeness (QED) is 0.858. The van der Waals surface area contributed by atoms with Crippen LogP contribution in [0.15, 0.2) is 35.2 Å². The van der Waals surface area contributed by atoms with E-state index in [9.17, 15) is 13.2 Å². The molecule has 1 heterocycles. The zero-order valence-corrected chi connectivity index (χ0v) is 11.3. The average Bonchev–Trinajstić information content (AvgIpc) is 2.83. The molecule has 0 aromatic heterocycles. The van der Waals surface area contributed by atoms with E-state index >= 15 is 0 Å². The molecule has 0 bridgehead atoms. The fraction of sp³-hybridized carbons (Fsp3) is 0.364. The van der Waals surface area contributed by atoms with Gasteiger partial charge in [-0.05, 0) is 31.5 Å². The first-order valence-corrected chi connectivity index (χ1v) is 6.93. The van der Waals surface area contributed by atoms with Crippen molar-refractivity contribution in [3.8, 4) is 0 Å². The highest BCUT2D eigenvalue weighted by atomic mass is 35.5. The molecule has 1 aromatic rings. The van der Waals surface area contributed by atoms with Crippen LogP contribution < -0.4 is 10.0 Å². The van der Waals surface area contributed by atoms with E-state index in [2.05, 4.69) is 10.0 Å². The third kappa shape index (κ3) is 3.44. The van der Waals surface area contributed by atoms with Crippen LogP contribution >= 0.6 is 12.4 Å². The van der Waals surface area contributed by atoms with Crippen LogP contribution in [0.3, 0.4) is 0 Å². The Morgan fingerprint density at radius 3 is 2.50 bits per heavy atom. The Morgan fingerprint density at radius 1 is 1.28 bits per heavy atom. The van der Waals surface area contributed by atoms with Crippen molar-refractivity contribution in [3.05, 3.63) is 30.3 Å². The normalized spacial score (nSPS) is 19.0. The summed E-state index contributed by atoms with van der Waals surface area (Å²) >= 11 is 0. The minimum absolute atomic E-state index is 0. The van der Waals surface area contributed by atoms with Crippen LogP contribution in [0.2, 0.25) is 0 Å². The number of rotatable bonds is 3. The maximum absolute atomic E-state index is 11.8. The number of benzene rings is 1. The fourth-order valence-corrected chi connectivity index (χ4v) is 2.81. The van der Waals surface area contributed by atoms with Crippen molar-refractivity contribution in [1.29, 1.82) is 0 Å². The predicted molar refractivity (Wildman–Crippen MR) is 70.0 cm³/mol. The minimum atomic E-state index is -3.74. The summed E-state index contributed by atoms with van der Waals surface area (Å²) in [5.41, 5.74) is 0. The molecule has 1 aromatic carbocycles. The molecule has 0 aliphatic carbocycles. The molecule has 0 radical (unpaired) electrons. The van der Waals surface area contributed by atoms with Gasteiger partial charge in [-0.3, -0.25) is 4.79 Å². The van der Waals surface area contributed by atoms with Crippen molar-refractivity contribution >= 4 is 28.3 Å². The molecule has 1 fully saturated rings. The van der Waals surface area contributed by atoms with Crippen LogP contribution in [0.1, 0.15) is 12.8 Å². The standard InChI is InChI=1S/C11H14N2O3S.ClH/c14-11(10-7-4-8-12-10)13-17(15,16)9-5-2-1-3-6-9;/h1-3,5-6,10,12H,4,7-8H2,(H,13,14);1H/t10-;/m1./s1.